The predicted molar refractivity (Wildman–Crippen MR) is 150 cm³/mol. The summed E-state index contributed by atoms with van der Waals surface area (Å²) >= 11 is 0. The Morgan fingerprint density at radius 1 is 0.949 bits per heavy atom. The van der Waals surface area contributed by atoms with Gasteiger partial charge < -0.3 is 19.7 Å². The molecule has 0 spiro atoms. The normalized spacial score (nSPS) is 28.3. The van der Waals surface area contributed by atoms with Crippen LogP contribution in [-0.2, 0) is 31.6 Å². The van der Waals surface area contributed by atoms with Crippen molar-refractivity contribution in [1.29, 1.82) is 0 Å². The van der Waals surface area contributed by atoms with Crippen molar-refractivity contribution < 1.29 is 28.5 Å². The molecule has 8 heteroatoms. The number of carboxylic acids is 1. The van der Waals surface area contributed by atoms with Gasteiger partial charge in [0.25, 0.3) is 0 Å². The number of ether oxygens (including phenoxy) is 1. The third kappa shape index (κ3) is 6.93. The lowest BCUT2D eigenvalue weighted by Gasteiger charge is -2.57. The van der Waals surface area contributed by atoms with Crippen LogP contribution in [0, 0.1) is 23.7 Å². The van der Waals surface area contributed by atoms with E-state index in [1.165, 1.54) is 19.3 Å². The summed E-state index contributed by atoms with van der Waals surface area (Å²) in [4.78, 5) is 25.1. The van der Waals surface area contributed by atoms with E-state index in [1.54, 1.807) is 6.92 Å². The Labute approximate surface area is 231 Å². The van der Waals surface area contributed by atoms with Crippen LogP contribution in [0.4, 0.5) is 4.79 Å². The highest BCUT2D eigenvalue weighted by molar-refractivity contribution is 7.59. The van der Waals surface area contributed by atoms with Crippen LogP contribution in [0.1, 0.15) is 63.0 Å². The number of carboxylic acid groups (broad SMARTS) is 1. The van der Waals surface area contributed by atoms with Crippen molar-refractivity contribution in [2.45, 2.75) is 76.3 Å². The van der Waals surface area contributed by atoms with Crippen LogP contribution < -0.4 is 5.32 Å². The van der Waals surface area contributed by atoms with Gasteiger partial charge in [0, 0.05) is 6.16 Å². The van der Waals surface area contributed by atoms with Gasteiger partial charge in [-0.15, -0.1) is 0 Å². The van der Waals surface area contributed by atoms with Crippen molar-refractivity contribution >= 4 is 19.4 Å². The van der Waals surface area contributed by atoms with E-state index in [0.29, 0.717) is 30.6 Å². The monoisotopic (exact) mass is 553 g/mol. The summed E-state index contributed by atoms with van der Waals surface area (Å²) in [6, 6.07) is 19.1. The molecule has 4 saturated carbocycles. The lowest BCUT2D eigenvalue weighted by molar-refractivity contribution is -0.141. The fourth-order valence-electron chi connectivity index (χ4n) is 7.36. The number of alkyl carbamates (subject to hydrolysis) is 1. The lowest BCUT2D eigenvalue weighted by Crippen LogP contribution is -2.52. The fourth-order valence-corrected chi connectivity index (χ4v) is 10.0. The minimum absolute atomic E-state index is 0.0916. The van der Waals surface area contributed by atoms with E-state index in [-0.39, 0.29) is 12.8 Å². The molecule has 3 unspecified atom stereocenters. The van der Waals surface area contributed by atoms with Crippen molar-refractivity contribution in [2.75, 3.05) is 6.16 Å². The zero-order valence-electron chi connectivity index (χ0n) is 22.7. The molecule has 4 fully saturated rings. The number of rotatable bonds is 12. The molecule has 0 radical (unpaired) electrons. The number of aliphatic carboxylic acids is 1. The van der Waals surface area contributed by atoms with Gasteiger partial charge in [0.1, 0.15) is 12.4 Å². The van der Waals surface area contributed by atoms with Crippen molar-refractivity contribution in [1.82, 2.24) is 5.32 Å². The molecule has 0 aromatic heterocycles. The van der Waals surface area contributed by atoms with Gasteiger partial charge in [-0.05, 0) is 87.2 Å². The zero-order chi connectivity index (χ0) is 27.5. The first-order chi connectivity index (χ1) is 18.7. The van der Waals surface area contributed by atoms with Gasteiger partial charge in [0.05, 0.1) is 11.5 Å². The maximum Gasteiger partial charge on any atom is 0.408 e. The van der Waals surface area contributed by atoms with Crippen LogP contribution in [0.3, 0.4) is 0 Å². The van der Waals surface area contributed by atoms with Crippen molar-refractivity contribution in [3.05, 3.63) is 71.8 Å². The van der Waals surface area contributed by atoms with Crippen LogP contribution in [0.25, 0.3) is 0 Å². The molecule has 2 aromatic rings. The number of hydrogen-bond acceptors (Lipinski definition) is 5. The van der Waals surface area contributed by atoms with E-state index in [2.05, 4.69) is 5.32 Å². The average Bonchev–Trinajstić information content (AvgIpc) is 2.90. The van der Waals surface area contributed by atoms with Gasteiger partial charge in [-0.1, -0.05) is 60.7 Å². The molecule has 0 heterocycles. The lowest BCUT2D eigenvalue weighted by atomic mass is 9.54. The Morgan fingerprint density at radius 2 is 1.49 bits per heavy atom. The molecule has 4 aliphatic carbocycles. The molecule has 4 aliphatic rings. The van der Waals surface area contributed by atoms with Gasteiger partial charge in [0.2, 0.25) is 7.37 Å². The van der Waals surface area contributed by atoms with Crippen molar-refractivity contribution in [3.8, 4) is 0 Å². The van der Waals surface area contributed by atoms with E-state index in [9.17, 15) is 19.3 Å². The molecule has 6 rings (SSSR count). The molecule has 2 aromatic carbocycles. The Bertz CT molecular complexity index is 1150. The van der Waals surface area contributed by atoms with E-state index in [0.717, 1.165) is 30.4 Å². The number of amides is 1. The largest absolute Gasteiger partial charge is 0.481 e. The Balaban J connectivity index is 1.32. The van der Waals surface area contributed by atoms with Crippen molar-refractivity contribution in [3.63, 3.8) is 0 Å². The smallest absolute Gasteiger partial charge is 0.408 e. The summed E-state index contributed by atoms with van der Waals surface area (Å²) in [5, 5.41) is 12.9. The number of hydrogen-bond donors (Lipinski definition) is 2. The minimum Gasteiger partial charge on any atom is -0.481 e. The number of carbonyl (C=O) groups excluding carboxylic acids is 1. The van der Waals surface area contributed by atoms with Crippen LogP contribution in [0.15, 0.2) is 60.7 Å². The summed E-state index contributed by atoms with van der Waals surface area (Å²) in [5.41, 5.74) is 1.40. The Kier molecular flexibility index (Phi) is 8.49. The first-order valence-corrected chi connectivity index (χ1v) is 16.1. The summed E-state index contributed by atoms with van der Waals surface area (Å²) in [5.74, 6) is -0.965. The standard InChI is InChI=1S/C31H40NO6P/c1-22(32-30(35)37-20-24-10-6-3-7-11-24)39(36,21-28(29(33)34)13-12-23-8-4-2-5-9-23)38-31-17-25-14-26(18-31)16-27(15-25)19-31/h2-11,22,25-28H,12-21H2,1H3,(H,32,35)(H,33,34). The molecule has 0 aliphatic heterocycles. The number of aryl methyl sites for hydroxylation is 1. The Hall–Kier alpha value is -2.63. The number of nitrogens with one attached hydrogen (secondary N) is 1. The van der Waals surface area contributed by atoms with E-state index < -0.39 is 36.7 Å². The minimum atomic E-state index is -3.63. The van der Waals surface area contributed by atoms with Gasteiger partial charge in [-0.2, -0.15) is 0 Å². The highest BCUT2D eigenvalue weighted by Gasteiger charge is 2.55. The summed E-state index contributed by atoms with van der Waals surface area (Å²) < 4.78 is 26.9. The summed E-state index contributed by atoms with van der Waals surface area (Å²) in [6.45, 7) is 1.76. The quantitative estimate of drug-likeness (QED) is 0.279. The second kappa shape index (κ2) is 11.9. The molecule has 39 heavy (non-hydrogen) atoms. The average molecular weight is 554 g/mol. The van der Waals surface area contributed by atoms with E-state index in [1.807, 2.05) is 60.7 Å². The third-order valence-electron chi connectivity index (χ3n) is 8.91. The fraction of sp³-hybridized carbons (Fsp3) is 0.548. The molecule has 4 bridgehead atoms. The molecule has 2 N–H and O–H groups in total. The van der Waals surface area contributed by atoms with Crippen LogP contribution in [0.2, 0.25) is 0 Å². The molecule has 7 nitrogen and oxygen atoms in total. The second-order valence-corrected chi connectivity index (χ2v) is 14.8. The molecular weight excluding hydrogens is 513 g/mol. The molecular formula is C31H40NO6P. The second-order valence-electron chi connectivity index (χ2n) is 12.0. The zero-order valence-corrected chi connectivity index (χ0v) is 23.6. The van der Waals surface area contributed by atoms with Gasteiger partial charge in [-0.25, -0.2) is 4.79 Å². The first-order valence-electron chi connectivity index (χ1n) is 14.3. The van der Waals surface area contributed by atoms with Crippen LogP contribution in [-0.4, -0.2) is 34.7 Å². The summed E-state index contributed by atoms with van der Waals surface area (Å²) in [6.07, 6.45) is 6.36. The van der Waals surface area contributed by atoms with E-state index >= 15 is 0 Å². The molecule has 0 saturated heterocycles. The highest BCUT2D eigenvalue weighted by atomic mass is 31.2. The van der Waals surface area contributed by atoms with Crippen molar-refractivity contribution in [2.24, 2.45) is 23.7 Å². The maximum atomic E-state index is 14.8. The predicted octanol–water partition coefficient (Wildman–Crippen LogP) is 6.86. The topological polar surface area (TPSA) is 102 Å². The molecule has 1 amide bonds. The van der Waals surface area contributed by atoms with Crippen LogP contribution >= 0.6 is 7.37 Å². The molecule has 210 valence electrons. The van der Waals surface area contributed by atoms with Crippen LogP contribution in [0.5, 0.6) is 0 Å². The van der Waals surface area contributed by atoms with Gasteiger partial charge in [-0.3, -0.25) is 9.36 Å². The van der Waals surface area contributed by atoms with Gasteiger partial charge >= 0.3 is 12.1 Å². The first kappa shape index (κ1) is 27.9. The Morgan fingerprint density at radius 3 is 2.03 bits per heavy atom. The highest BCUT2D eigenvalue weighted by Crippen LogP contribution is 2.64. The molecule has 3 atom stereocenters. The maximum absolute atomic E-state index is 14.8. The summed E-state index contributed by atoms with van der Waals surface area (Å²) in [7, 11) is -3.63. The third-order valence-corrected chi connectivity index (χ3v) is 11.9. The number of carbonyl (C=O) groups is 2. The van der Waals surface area contributed by atoms with E-state index in [4.69, 9.17) is 9.26 Å². The SMILES string of the molecule is CC(NC(=O)OCc1ccccc1)P(=O)(CC(CCc1ccccc1)C(=O)O)OC12CC3CC(CC(C3)C1)C2. The number of benzene rings is 2. The van der Waals surface area contributed by atoms with Gasteiger partial charge in [0.15, 0.2) is 0 Å².